The lowest BCUT2D eigenvalue weighted by Gasteiger charge is -2.05. The molecule has 0 spiro atoms. The lowest BCUT2D eigenvalue weighted by Crippen LogP contribution is -2.29. The molecule has 9 N–H and O–H groups in total. The standard InChI is InChI=1S/C18H16N4O3.C12H10N2O3.C7H9BO3.C5H3ClN2O2.C5H7N3O/c1-22-18(25)6-5-14(21-22)8-17(24)16-9-15(19-11-20-16)13-4-2-3-12(7-13)10-23;15-6-8-2-1-3-9(4-8)10-5-11(12(16)17)14-7-13-10;9-5-6-2-1-3-7(4-6)8(10)11;6-4-1-3(5(9)10)7-2-8-4;1-8-5(9)3-2-4(6)7-8/h2-7,9,11,23H,8,10H2,1H3;1-5,7,15H,6H2,(H,16,17);1-4,9-11H,5H2;1-2H,(H,9,10);2-3H,1H3,(H2,6,7). The molecule has 0 saturated heterocycles. The van der Waals surface area contributed by atoms with Crippen LogP contribution in [0, 0.1) is 0 Å². The van der Waals surface area contributed by atoms with Crippen molar-refractivity contribution < 1.29 is 50.0 Å². The first-order valence-corrected chi connectivity index (χ1v) is 21.2. The van der Waals surface area contributed by atoms with Crippen LogP contribution in [0.4, 0.5) is 5.82 Å². The van der Waals surface area contributed by atoms with E-state index in [9.17, 15) is 29.1 Å². The van der Waals surface area contributed by atoms with Gasteiger partial charge in [-0.2, -0.15) is 10.2 Å². The van der Waals surface area contributed by atoms with Crippen LogP contribution in [0.1, 0.15) is 53.8 Å². The maximum Gasteiger partial charge on any atom is 0.488 e. The second-order valence-electron chi connectivity index (χ2n) is 14.5. The zero-order valence-corrected chi connectivity index (χ0v) is 39.0. The van der Waals surface area contributed by atoms with E-state index in [-0.39, 0.29) is 65.4 Å². The third kappa shape index (κ3) is 18.0. The first-order chi connectivity index (χ1) is 34.4. The number of aromatic carboxylic acids is 2. The number of aromatic nitrogens is 10. The average Bonchev–Trinajstić information content (AvgIpc) is 3.39. The van der Waals surface area contributed by atoms with Gasteiger partial charge in [0.15, 0.2) is 17.2 Å². The Morgan fingerprint density at radius 1 is 0.569 bits per heavy atom. The number of ketones is 1. The van der Waals surface area contributed by atoms with Crippen LogP contribution in [0.15, 0.2) is 144 Å². The monoisotopic (exact) mass is 1000 g/mol. The van der Waals surface area contributed by atoms with E-state index in [1.165, 1.54) is 65.5 Å². The maximum absolute atomic E-state index is 12.5. The third-order valence-electron chi connectivity index (χ3n) is 9.27. The topological polar surface area (TPSA) is 366 Å². The molecule has 0 radical (unpaired) electrons. The highest BCUT2D eigenvalue weighted by atomic mass is 35.5. The number of carboxylic acids is 2. The molecule has 0 fully saturated rings. The molecule has 25 heteroatoms. The van der Waals surface area contributed by atoms with Gasteiger partial charge in [0, 0.05) is 43.4 Å². The average molecular weight is 1000 g/mol. The quantitative estimate of drug-likeness (QED) is 0.0517. The Hall–Kier alpha value is -8.78. The Morgan fingerprint density at radius 2 is 1.03 bits per heavy atom. The second-order valence-corrected chi connectivity index (χ2v) is 14.9. The molecule has 23 nitrogen and oxygen atoms in total. The number of anilines is 1. The minimum atomic E-state index is -1.46. The van der Waals surface area contributed by atoms with Crippen LogP contribution < -0.4 is 22.3 Å². The number of aliphatic hydroxyl groups is 3. The number of rotatable bonds is 11. The molecule has 0 amide bonds. The lowest BCUT2D eigenvalue weighted by atomic mass is 9.80. The molecular formula is C47H45BClN11O12. The predicted octanol–water partition coefficient (Wildman–Crippen LogP) is 1.54. The van der Waals surface area contributed by atoms with Crippen molar-refractivity contribution in [1.29, 1.82) is 0 Å². The van der Waals surface area contributed by atoms with E-state index in [2.05, 4.69) is 40.1 Å². The van der Waals surface area contributed by atoms with Crippen LogP contribution in [0.2, 0.25) is 5.15 Å². The molecule has 0 aliphatic carbocycles. The minimum Gasteiger partial charge on any atom is -0.477 e. The number of nitrogen functional groups attached to an aromatic ring is 1. The van der Waals surface area contributed by atoms with Crippen LogP contribution in [-0.4, -0.2) is 110 Å². The number of carboxylic acid groups (broad SMARTS) is 2. The summed E-state index contributed by atoms with van der Waals surface area (Å²) < 4.78 is 2.38. The van der Waals surface area contributed by atoms with E-state index < -0.39 is 19.1 Å². The summed E-state index contributed by atoms with van der Waals surface area (Å²) in [6.45, 7) is -0.214. The summed E-state index contributed by atoms with van der Waals surface area (Å²) >= 11 is 5.37. The molecule has 8 rings (SSSR count). The Morgan fingerprint density at radius 3 is 1.49 bits per heavy atom. The van der Waals surface area contributed by atoms with E-state index in [1.807, 2.05) is 24.3 Å². The molecule has 0 unspecified atom stereocenters. The summed E-state index contributed by atoms with van der Waals surface area (Å²) in [7, 11) is 1.63. The molecule has 0 aliphatic rings. The summed E-state index contributed by atoms with van der Waals surface area (Å²) in [6.07, 6.45) is 3.69. The summed E-state index contributed by atoms with van der Waals surface area (Å²) in [5.41, 5.74) is 10.7. The maximum atomic E-state index is 12.5. The summed E-state index contributed by atoms with van der Waals surface area (Å²) in [4.78, 5) is 78.3. The highest BCUT2D eigenvalue weighted by Crippen LogP contribution is 2.20. The number of benzene rings is 3. The van der Waals surface area contributed by atoms with Gasteiger partial charge in [-0.15, -0.1) is 0 Å². The van der Waals surface area contributed by atoms with Crippen molar-refractivity contribution in [1.82, 2.24) is 49.5 Å². The van der Waals surface area contributed by atoms with Crippen molar-refractivity contribution in [2.24, 2.45) is 14.1 Å². The fourth-order valence-electron chi connectivity index (χ4n) is 5.68. The van der Waals surface area contributed by atoms with Crippen LogP contribution >= 0.6 is 11.6 Å². The fraction of sp³-hybridized carbons (Fsp3) is 0.128. The number of halogens is 1. The first-order valence-electron chi connectivity index (χ1n) is 20.8. The van der Waals surface area contributed by atoms with Crippen molar-refractivity contribution >= 4 is 47.7 Å². The molecule has 5 aromatic heterocycles. The van der Waals surface area contributed by atoms with E-state index in [1.54, 1.807) is 61.6 Å². The number of hydrogen-bond acceptors (Lipinski definition) is 19. The Kier molecular flexibility index (Phi) is 21.7. The van der Waals surface area contributed by atoms with Gasteiger partial charge < -0.3 is 41.3 Å². The van der Waals surface area contributed by atoms with Crippen LogP contribution in [0.5, 0.6) is 0 Å². The number of nitrogens with two attached hydrogens (primary N) is 1. The Labute approximate surface area is 414 Å². The van der Waals surface area contributed by atoms with Crippen molar-refractivity contribution in [2.75, 3.05) is 5.73 Å². The van der Waals surface area contributed by atoms with Crippen molar-refractivity contribution in [3.63, 3.8) is 0 Å². The first kappa shape index (κ1) is 55.8. The Bertz CT molecular complexity index is 3240. The van der Waals surface area contributed by atoms with Gasteiger partial charge in [0.2, 0.25) is 0 Å². The zero-order chi connectivity index (χ0) is 52.7. The van der Waals surface area contributed by atoms with Gasteiger partial charge in [-0.05, 0) is 58.6 Å². The highest BCUT2D eigenvalue weighted by molar-refractivity contribution is 6.58. The number of carbonyl (C=O) groups is 3. The summed E-state index contributed by atoms with van der Waals surface area (Å²) in [5.74, 6) is -2.05. The molecule has 0 saturated carbocycles. The van der Waals surface area contributed by atoms with E-state index in [0.29, 0.717) is 33.9 Å². The summed E-state index contributed by atoms with van der Waals surface area (Å²) in [6, 6.07) is 30.9. The number of hydrogen-bond donors (Lipinski definition) is 8. The number of aryl methyl sites for hydroxylation is 2. The van der Waals surface area contributed by atoms with Gasteiger partial charge in [-0.3, -0.25) is 14.4 Å². The highest BCUT2D eigenvalue weighted by Gasteiger charge is 2.14. The molecule has 8 aromatic rings. The van der Waals surface area contributed by atoms with Crippen LogP contribution in [-0.2, 0) is 40.3 Å². The van der Waals surface area contributed by atoms with Gasteiger partial charge in [0.05, 0.1) is 43.3 Å². The normalized spacial score (nSPS) is 10.1. The van der Waals surface area contributed by atoms with Gasteiger partial charge >= 0.3 is 19.1 Å². The lowest BCUT2D eigenvalue weighted by molar-refractivity contribution is 0.0679. The van der Waals surface area contributed by atoms with Crippen LogP contribution in [0.25, 0.3) is 22.5 Å². The van der Waals surface area contributed by atoms with Crippen molar-refractivity contribution in [2.45, 2.75) is 26.2 Å². The largest absolute Gasteiger partial charge is 0.488 e. The second kappa shape index (κ2) is 28.0. The van der Waals surface area contributed by atoms with E-state index in [4.69, 9.17) is 47.8 Å². The number of aliphatic hydroxyl groups excluding tert-OH is 3. The molecule has 0 aliphatic heterocycles. The molecule has 370 valence electrons. The fourth-order valence-corrected chi connectivity index (χ4v) is 5.83. The predicted molar refractivity (Wildman–Crippen MR) is 261 cm³/mol. The van der Waals surface area contributed by atoms with E-state index >= 15 is 0 Å². The molecular weight excluding hydrogens is 957 g/mol. The molecule has 5 heterocycles. The minimum absolute atomic E-state index is 0.0429. The number of Topliss-reactive ketones (excluding diaryl/α,β-unsaturated/α-hetero) is 1. The van der Waals surface area contributed by atoms with Crippen molar-refractivity contribution in [3.05, 3.63) is 200 Å². The zero-order valence-electron chi connectivity index (χ0n) is 38.2. The van der Waals surface area contributed by atoms with Gasteiger partial charge in [-0.1, -0.05) is 72.3 Å². The molecule has 72 heavy (non-hydrogen) atoms. The number of carbonyl (C=O) groups excluding carboxylic acids is 1. The molecule has 0 atom stereocenters. The number of nitrogens with zero attached hydrogens (tertiary/aromatic N) is 10. The van der Waals surface area contributed by atoms with E-state index in [0.717, 1.165) is 28.6 Å². The van der Waals surface area contributed by atoms with Gasteiger partial charge in [0.25, 0.3) is 11.1 Å². The molecule has 3 aromatic carbocycles. The smallest absolute Gasteiger partial charge is 0.477 e. The van der Waals surface area contributed by atoms with Crippen molar-refractivity contribution in [3.8, 4) is 22.5 Å². The molecule has 0 bridgehead atoms. The third-order valence-corrected chi connectivity index (χ3v) is 9.48. The Balaban J connectivity index is 0.000000208. The van der Waals surface area contributed by atoms with Gasteiger partial charge in [-0.25, -0.2) is 48.9 Å². The van der Waals surface area contributed by atoms with Crippen LogP contribution in [0.3, 0.4) is 0 Å². The van der Waals surface area contributed by atoms with Gasteiger partial charge in [0.1, 0.15) is 35.6 Å². The summed E-state index contributed by atoms with van der Waals surface area (Å²) in [5, 5.41) is 69.4. The SMILES string of the molecule is Cn1nc(CC(=O)c2cc(-c3cccc(CO)c3)ncn2)ccc1=O.Cn1nc(N)ccc1=O.O=C(O)c1cc(-c2cccc(CO)c2)ncn1.O=C(O)c1cc(Cl)ncn1.OCc1cccc(B(O)O)c1.